The number of nitrogens with one attached hydrogen (secondary N) is 1. The number of thiophene rings is 1. The lowest BCUT2D eigenvalue weighted by molar-refractivity contribution is 0.0869. The first-order chi connectivity index (χ1) is 17.7. The lowest BCUT2D eigenvalue weighted by atomic mass is 9.71. The molecule has 1 aliphatic carbocycles. The van der Waals surface area contributed by atoms with E-state index in [9.17, 15) is 10.4 Å². The molecule has 10 heteroatoms. The Morgan fingerprint density at radius 2 is 2.11 bits per heavy atom. The summed E-state index contributed by atoms with van der Waals surface area (Å²) < 4.78 is 6.11. The monoisotopic (exact) mass is 525 g/mol. The van der Waals surface area contributed by atoms with E-state index in [0.29, 0.717) is 29.2 Å². The predicted octanol–water partition coefficient (Wildman–Crippen LogP) is 2.26. The molecule has 4 rings (SSSR count). The number of anilines is 2. The Balaban J connectivity index is 1.63. The summed E-state index contributed by atoms with van der Waals surface area (Å²) in [6.45, 7) is 7.10. The number of amidine groups is 1. The molecule has 2 heterocycles. The Labute approximate surface area is 223 Å². The number of hydrogen-bond donors (Lipinski definition) is 4. The highest BCUT2D eigenvalue weighted by atomic mass is 32.1. The minimum atomic E-state index is -1.11. The van der Waals surface area contributed by atoms with Crippen LogP contribution in [0.1, 0.15) is 47.8 Å². The van der Waals surface area contributed by atoms with Gasteiger partial charge in [-0.3, -0.25) is 0 Å². The highest BCUT2D eigenvalue weighted by Crippen LogP contribution is 2.47. The molecule has 37 heavy (non-hydrogen) atoms. The fourth-order valence-corrected chi connectivity index (χ4v) is 6.43. The van der Waals surface area contributed by atoms with Gasteiger partial charge in [-0.2, -0.15) is 5.26 Å². The van der Waals surface area contributed by atoms with Crippen LogP contribution in [0.3, 0.4) is 0 Å². The third-order valence-electron chi connectivity index (χ3n) is 7.31. The molecule has 2 aromatic rings. The van der Waals surface area contributed by atoms with Gasteiger partial charge in [-0.1, -0.05) is 6.92 Å². The van der Waals surface area contributed by atoms with Gasteiger partial charge in [0.15, 0.2) is 6.23 Å². The molecule has 2 unspecified atom stereocenters. The van der Waals surface area contributed by atoms with Crippen molar-refractivity contribution in [3.63, 3.8) is 0 Å². The van der Waals surface area contributed by atoms with E-state index >= 15 is 0 Å². The first-order valence-electron chi connectivity index (χ1n) is 12.9. The maximum absolute atomic E-state index is 11.4. The topological polar surface area (TPSA) is 136 Å². The van der Waals surface area contributed by atoms with Gasteiger partial charge in [0.1, 0.15) is 22.7 Å². The number of nitriles is 1. The number of benzene rings is 1. The Bertz CT molecular complexity index is 1170. The van der Waals surface area contributed by atoms with Crippen LogP contribution in [0.15, 0.2) is 23.2 Å². The number of rotatable bonds is 9. The molecular formula is C27H39N7O2S. The van der Waals surface area contributed by atoms with E-state index in [0.717, 1.165) is 73.9 Å². The number of aliphatic hydroxyl groups excluding tert-OH is 1. The van der Waals surface area contributed by atoms with Gasteiger partial charge >= 0.3 is 0 Å². The number of aliphatic hydroxyl groups is 1. The summed E-state index contributed by atoms with van der Waals surface area (Å²) in [6.07, 6.45) is 2.25. The summed E-state index contributed by atoms with van der Waals surface area (Å²) in [5.41, 5.74) is 15.0. The number of hydrogen-bond acceptors (Lipinski definition) is 9. The zero-order valence-corrected chi connectivity index (χ0v) is 22.9. The quantitative estimate of drug-likeness (QED) is 0.222. The first kappa shape index (κ1) is 27.2. The van der Waals surface area contributed by atoms with Crippen molar-refractivity contribution in [1.82, 2.24) is 10.2 Å². The second kappa shape index (κ2) is 11.7. The Morgan fingerprint density at radius 3 is 2.81 bits per heavy atom. The molecule has 2 atom stereocenters. The van der Waals surface area contributed by atoms with Gasteiger partial charge in [-0.05, 0) is 57.5 Å². The smallest absolute Gasteiger partial charge is 0.156 e. The van der Waals surface area contributed by atoms with Gasteiger partial charge in [-0.25, -0.2) is 4.99 Å². The molecule has 9 nitrogen and oxygen atoms in total. The van der Waals surface area contributed by atoms with Crippen LogP contribution < -0.4 is 26.4 Å². The van der Waals surface area contributed by atoms with Crippen molar-refractivity contribution in [2.45, 2.75) is 44.2 Å². The van der Waals surface area contributed by atoms with Crippen LogP contribution in [0.25, 0.3) is 0 Å². The number of nitrogens with zero attached hydrogens (tertiary/aromatic N) is 4. The summed E-state index contributed by atoms with van der Waals surface area (Å²) in [4.78, 5) is 10.1. The fourth-order valence-electron chi connectivity index (χ4n) is 5.23. The van der Waals surface area contributed by atoms with Gasteiger partial charge in [0.05, 0.1) is 12.2 Å². The average molecular weight is 526 g/mol. The normalized spacial score (nSPS) is 21.0. The van der Waals surface area contributed by atoms with Crippen LogP contribution >= 0.6 is 11.3 Å². The summed E-state index contributed by atoms with van der Waals surface area (Å²) in [5, 5.41) is 25.0. The van der Waals surface area contributed by atoms with Crippen LogP contribution in [0.4, 0.5) is 10.7 Å². The van der Waals surface area contributed by atoms with Crippen molar-refractivity contribution < 1.29 is 9.84 Å². The van der Waals surface area contributed by atoms with E-state index in [1.807, 2.05) is 33.2 Å². The van der Waals surface area contributed by atoms with Crippen LogP contribution in [0.2, 0.25) is 0 Å². The van der Waals surface area contributed by atoms with Crippen LogP contribution in [0, 0.1) is 11.3 Å². The van der Waals surface area contributed by atoms with Crippen molar-refractivity contribution in [3.05, 3.63) is 39.8 Å². The van der Waals surface area contributed by atoms with Crippen LogP contribution in [0.5, 0.6) is 5.75 Å². The second-order valence-corrected chi connectivity index (χ2v) is 11.5. The SMILES string of the molecule is CN(C)CCCOc1cc(/C(N)=N/C(O)C2(C)CCCc3sc(N)c(C#N)c32)cc(N2CCNCC2)c1. The number of nitrogens with two attached hydrogens (primary N) is 2. The Hall–Kier alpha value is -2.84. The number of aliphatic imine (C=N–C) groups is 1. The predicted molar refractivity (Wildman–Crippen MR) is 151 cm³/mol. The molecule has 1 aromatic heterocycles. The third kappa shape index (κ3) is 6.02. The zero-order chi connectivity index (χ0) is 26.6. The molecule has 0 amide bonds. The average Bonchev–Trinajstić information content (AvgIpc) is 3.23. The number of fused-ring (bicyclic) bond motifs is 1. The molecular weight excluding hydrogens is 486 g/mol. The Morgan fingerprint density at radius 1 is 1.35 bits per heavy atom. The molecule has 6 N–H and O–H groups in total. The molecule has 0 saturated carbocycles. The summed E-state index contributed by atoms with van der Waals surface area (Å²) in [5.74, 6) is 0.985. The fraction of sp³-hybridized carbons (Fsp3) is 0.556. The second-order valence-electron chi connectivity index (χ2n) is 10.4. The Kier molecular flexibility index (Phi) is 8.60. The lowest BCUT2D eigenvalue weighted by Gasteiger charge is -2.36. The standard InChI is InChI=1S/C27H39N7O2S/c1-27(7-4-6-22-23(27)21(17-28)25(30)37-22)26(35)32-24(29)18-14-19(34-11-8-31-9-12-34)16-20(15-18)36-13-5-10-33(2)3/h14-16,26,31,35H,4-13,30H2,1-3H3,(H2,29,32). The van der Waals surface area contributed by atoms with Gasteiger partial charge in [-0.15, -0.1) is 11.3 Å². The highest BCUT2D eigenvalue weighted by Gasteiger charge is 2.42. The van der Waals surface area contributed by atoms with E-state index in [4.69, 9.17) is 16.2 Å². The molecule has 1 fully saturated rings. The molecule has 0 spiro atoms. The van der Waals surface area contributed by atoms with Crippen molar-refractivity contribution in [3.8, 4) is 11.8 Å². The molecule has 1 aliphatic heterocycles. The number of piperazine rings is 1. The summed E-state index contributed by atoms with van der Waals surface area (Å²) in [6, 6.07) is 8.21. The molecule has 1 aromatic carbocycles. The van der Waals surface area contributed by atoms with E-state index in [1.165, 1.54) is 11.3 Å². The minimum absolute atomic E-state index is 0.248. The first-order valence-corrected chi connectivity index (χ1v) is 13.8. The van der Waals surface area contributed by atoms with Crippen molar-refractivity contribution in [1.29, 1.82) is 5.26 Å². The van der Waals surface area contributed by atoms with Crippen LogP contribution in [-0.4, -0.2) is 75.5 Å². The maximum atomic E-state index is 11.4. The van der Waals surface area contributed by atoms with Gasteiger partial charge in [0.2, 0.25) is 0 Å². The summed E-state index contributed by atoms with van der Waals surface area (Å²) >= 11 is 1.44. The van der Waals surface area contributed by atoms with Crippen molar-refractivity contribution in [2.24, 2.45) is 10.7 Å². The largest absolute Gasteiger partial charge is 0.493 e. The van der Waals surface area contributed by atoms with Crippen molar-refractivity contribution >= 4 is 27.9 Å². The van der Waals surface area contributed by atoms with Gasteiger partial charge in [0, 0.05) is 60.3 Å². The number of aryl methyl sites for hydroxylation is 1. The third-order valence-corrected chi connectivity index (χ3v) is 8.39. The van der Waals surface area contributed by atoms with E-state index in [1.54, 1.807) is 0 Å². The molecule has 200 valence electrons. The number of ether oxygens (including phenoxy) is 1. The van der Waals surface area contributed by atoms with Gasteiger partial charge in [0.25, 0.3) is 0 Å². The molecule has 2 aliphatic rings. The zero-order valence-electron chi connectivity index (χ0n) is 22.1. The minimum Gasteiger partial charge on any atom is -0.493 e. The van der Waals surface area contributed by atoms with Crippen LogP contribution in [-0.2, 0) is 11.8 Å². The molecule has 0 bridgehead atoms. The van der Waals surface area contributed by atoms with E-state index in [-0.39, 0.29) is 5.84 Å². The molecule has 1 saturated heterocycles. The van der Waals surface area contributed by atoms with E-state index in [2.05, 4.69) is 32.2 Å². The lowest BCUT2D eigenvalue weighted by Crippen LogP contribution is -2.43. The number of nitrogen functional groups attached to an aromatic ring is 1. The highest BCUT2D eigenvalue weighted by molar-refractivity contribution is 7.16. The van der Waals surface area contributed by atoms with Gasteiger partial charge < -0.3 is 36.4 Å². The van der Waals surface area contributed by atoms with E-state index < -0.39 is 11.6 Å². The van der Waals surface area contributed by atoms with Crippen molar-refractivity contribution in [2.75, 3.05) is 64.1 Å². The molecule has 0 radical (unpaired) electrons. The summed E-state index contributed by atoms with van der Waals surface area (Å²) in [7, 11) is 4.09. The maximum Gasteiger partial charge on any atom is 0.156 e.